The summed E-state index contributed by atoms with van der Waals surface area (Å²) in [5.74, 6) is -0.0392. The zero-order valence-corrected chi connectivity index (χ0v) is 46.2. The van der Waals surface area contributed by atoms with Gasteiger partial charge in [-0.05, 0) is 163 Å². The Morgan fingerprint density at radius 3 is 1.45 bits per heavy atom. The Balaban J connectivity index is 0.000000161. The topological polar surface area (TPSA) is 223 Å². The second kappa shape index (κ2) is 25.9. The van der Waals surface area contributed by atoms with E-state index in [1.807, 2.05) is 0 Å². The Labute approximate surface area is 487 Å². The summed E-state index contributed by atoms with van der Waals surface area (Å²) in [6, 6.07) is 32.4. The van der Waals surface area contributed by atoms with Crippen molar-refractivity contribution < 1.29 is 66.0 Å². The zero-order chi connectivity index (χ0) is 59.0. The van der Waals surface area contributed by atoms with E-state index in [2.05, 4.69) is 50.9 Å². The summed E-state index contributed by atoms with van der Waals surface area (Å²) in [6.07, 6.45) is 1.54. The molecule has 0 atom stereocenters. The number of carbonyl (C=O) groups excluding carboxylic acids is 1. The Bertz CT molecular complexity index is 3930. The molecule has 34 heteroatoms. The molecule has 82 heavy (non-hydrogen) atoms. The van der Waals surface area contributed by atoms with Gasteiger partial charge in [-0.15, -0.1) is 25.5 Å². The van der Waals surface area contributed by atoms with Crippen LogP contribution in [0.25, 0.3) is 51.6 Å². The van der Waals surface area contributed by atoms with Crippen LogP contribution in [0.3, 0.4) is 0 Å². The second-order valence-electron chi connectivity index (χ2n) is 15.7. The minimum absolute atomic E-state index is 0.0306. The Kier molecular flexibility index (Phi) is 19.2. The first-order chi connectivity index (χ1) is 38.7. The summed E-state index contributed by atoms with van der Waals surface area (Å²) < 4.78 is 155. The molecule has 0 aliphatic carbocycles. The zero-order valence-electron chi connectivity index (χ0n) is 39.9. The summed E-state index contributed by atoms with van der Waals surface area (Å²) in [6.45, 7) is 0. The quantitative estimate of drug-likeness (QED) is 0.0809. The molecule has 0 fully saturated rings. The third kappa shape index (κ3) is 17.8. The number of carbonyl (C=O) groups is 1. The Morgan fingerprint density at radius 2 is 0.927 bits per heavy atom. The number of sulfonamides is 1. The molecule has 0 aliphatic rings. The van der Waals surface area contributed by atoms with Crippen molar-refractivity contribution in [2.45, 2.75) is 36.1 Å². The molecule has 0 spiro atoms. The monoisotopic (exact) mass is 1290 g/mol. The molecule has 1 amide bonds. The molecule has 0 aliphatic heterocycles. The molecule has 0 saturated carbocycles. The minimum Gasteiger partial charge on any atom is -0.414 e. The normalized spacial score (nSPS) is 11.8. The van der Waals surface area contributed by atoms with Gasteiger partial charge in [0.2, 0.25) is 17.7 Å². The standard InChI is InChI=1S/C17H9ClF3N5OS.C16H8Cl2F3N3O2S.C15H9ClF3N3O3S2/c18-11-3-1-2-10(8-11)15-23-24-16(27-15)14-9-26(25-22-14)12-4-6-13(7-5-12)28-17(19,20)21;17-10-5-9(6-11(18)7-10)14-23-24-15(26-14)22-13(25)8-1-3-12(4-2-8)27-16(19,20)21;16-10-3-1-2-9(8-10)13-20-21-14(25-13)22-27(23,24)12-6-4-11(5-7-12)26-15(17,18)19/h1-9H;1-7H,(H,22,24,25);1-8H,(H,21,22). The van der Waals surface area contributed by atoms with E-state index < -0.39 is 38.5 Å². The van der Waals surface area contributed by atoms with Crippen molar-refractivity contribution in [3.63, 3.8) is 0 Å². The maximum Gasteiger partial charge on any atom is 0.446 e. The fourth-order valence-electron chi connectivity index (χ4n) is 6.40. The number of nitrogens with zero attached hydrogens (tertiary/aromatic N) is 9. The van der Waals surface area contributed by atoms with Gasteiger partial charge >= 0.3 is 28.6 Å². The van der Waals surface area contributed by atoms with Crippen molar-refractivity contribution in [2.24, 2.45) is 0 Å². The van der Waals surface area contributed by atoms with Crippen LogP contribution in [0.15, 0.2) is 179 Å². The van der Waals surface area contributed by atoms with Gasteiger partial charge in [0.05, 0.1) is 16.8 Å². The highest BCUT2D eigenvalue weighted by Crippen LogP contribution is 2.39. The number of amides is 1. The van der Waals surface area contributed by atoms with Crippen molar-refractivity contribution in [3.8, 4) is 51.6 Å². The van der Waals surface area contributed by atoms with Gasteiger partial charge in [0.25, 0.3) is 21.8 Å². The highest BCUT2D eigenvalue weighted by atomic mass is 35.5. The number of hydrogen-bond acceptors (Lipinski definition) is 17. The lowest BCUT2D eigenvalue weighted by molar-refractivity contribution is -0.0337. The van der Waals surface area contributed by atoms with Crippen molar-refractivity contribution in [2.75, 3.05) is 10.0 Å². The molecule has 6 aromatic carbocycles. The Morgan fingerprint density at radius 1 is 0.488 bits per heavy atom. The van der Waals surface area contributed by atoms with Crippen LogP contribution in [-0.4, -0.2) is 76.4 Å². The summed E-state index contributed by atoms with van der Waals surface area (Å²) >= 11 is 22.9. The number of alkyl halides is 9. The van der Waals surface area contributed by atoms with E-state index in [9.17, 15) is 52.7 Å². The van der Waals surface area contributed by atoms with E-state index in [4.69, 9.17) is 59.7 Å². The third-order valence-electron chi connectivity index (χ3n) is 9.73. The maximum absolute atomic E-state index is 12.4. The molecular formula is C48H26Cl4F9N11O6S4. The highest BCUT2D eigenvalue weighted by Gasteiger charge is 2.31. The number of thioether (sulfide) groups is 3. The second-order valence-corrected chi connectivity index (χ2v) is 22.5. The number of nitrogens with one attached hydrogen (secondary N) is 2. The van der Waals surface area contributed by atoms with Gasteiger partial charge in [-0.25, -0.2) is 17.8 Å². The molecule has 10 rings (SSSR count). The summed E-state index contributed by atoms with van der Waals surface area (Å²) in [4.78, 5) is 11.8. The molecule has 424 valence electrons. The molecule has 4 aromatic heterocycles. The number of benzene rings is 6. The lowest BCUT2D eigenvalue weighted by atomic mass is 10.2. The first kappa shape index (κ1) is 60.8. The molecular weight excluding hydrogens is 1270 g/mol. The van der Waals surface area contributed by atoms with Crippen molar-refractivity contribution in [1.82, 2.24) is 45.6 Å². The van der Waals surface area contributed by atoms with Gasteiger partial charge in [0.15, 0.2) is 5.69 Å². The molecule has 0 unspecified atom stereocenters. The average Bonchev–Trinajstić information content (AvgIpc) is 4.37. The highest BCUT2D eigenvalue weighted by molar-refractivity contribution is 8.00. The SMILES string of the molecule is FC(F)(F)Sc1ccc(-n2cc(-c3nnc(-c4cccc(Cl)c4)o3)nn2)cc1.O=C(Nc1nnc(-c2cc(Cl)cc(Cl)c2)o1)c1ccc(SC(F)(F)F)cc1.O=S(=O)(Nc1nnc(-c2cccc(Cl)c2)o1)c1ccc(SC(F)(F)F)cc1. The minimum atomic E-state index is -4.46. The number of rotatable bonds is 13. The van der Waals surface area contributed by atoms with Crippen LogP contribution in [0.2, 0.25) is 20.1 Å². The molecule has 2 N–H and O–H groups in total. The van der Waals surface area contributed by atoms with Gasteiger partial charge in [-0.3, -0.25) is 10.1 Å². The fraction of sp³-hybridized carbons (Fsp3) is 0.0625. The van der Waals surface area contributed by atoms with Gasteiger partial charge in [0.1, 0.15) is 0 Å². The van der Waals surface area contributed by atoms with E-state index >= 15 is 0 Å². The smallest absolute Gasteiger partial charge is 0.414 e. The first-order valence-electron chi connectivity index (χ1n) is 22.0. The van der Waals surface area contributed by atoms with E-state index in [0.717, 1.165) is 24.3 Å². The lowest BCUT2D eigenvalue weighted by Gasteiger charge is -2.07. The number of hydrogen-bond donors (Lipinski definition) is 2. The van der Waals surface area contributed by atoms with Crippen LogP contribution in [0, 0.1) is 0 Å². The first-order valence-corrected chi connectivity index (χ1v) is 27.5. The molecule has 0 bridgehead atoms. The molecule has 0 radical (unpaired) electrons. The van der Waals surface area contributed by atoms with E-state index in [0.29, 0.717) is 48.2 Å². The van der Waals surface area contributed by atoms with Crippen LogP contribution < -0.4 is 10.0 Å². The van der Waals surface area contributed by atoms with Crippen molar-refractivity contribution in [3.05, 3.63) is 171 Å². The van der Waals surface area contributed by atoms with Crippen molar-refractivity contribution >= 4 is 110 Å². The van der Waals surface area contributed by atoms with E-state index in [-0.39, 0.29) is 90.0 Å². The summed E-state index contributed by atoms with van der Waals surface area (Å²) in [5.41, 5.74) is -10.6. The molecule has 4 heterocycles. The van der Waals surface area contributed by atoms with Crippen LogP contribution >= 0.6 is 81.7 Å². The molecule has 0 saturated heterocycles. The number of anilines is 2. The predicted molar refractivity (Wildman–Crippen MR) is 287 cm³/mol. The van der Waals surface area contributed by atoms with Gasteiger partial charge in [-0.2, -0.15) is 39.5 Å². The largest absolute Gasteiger partial charge is 0.446 e. The molecule has 10 aromatic rings. The predicted octanol–water partition coefficient (Wildman–Crippen LogP) is 16.0. The summed E-state index contributed by atoms with van der Waals surface area (Å²) in [5, 5.41) is 34.8. The van der Waals surface area contributed by atoms with E-state index in [1.165, 1.54) is 59.3 Å². The third-order valence-corrected chi connectivity index (χ3v) is 14.2. The lowest BCUT2D eigenvalue weighted by Crippen LogP contribution is -2.13. The fourth-order valence-corrected chi connectivity index (χ4v) is 9.84. The summed E-state index contributed by atoms with van der Waals surface area (Å²) in [7, 11) is -4.11. The van der Waals surface area contributed by atoms with Crippen LogP contribution in [-0.2, 0) is 10.0 Å². The number of aromatic nitrogens is 9. The van der Waals surface area contributed by atoms with E-state index in [1.54, 1.807) is 66.9 Å². The Hall–Kier alpha value is -7.32. The maximum atomic E-state index is 12.4. The van der Waals surface area contributed by atoms with Crippen LogP contribution in [0.5, 0.6) is 0 Å². The average molecular weight is 1290 g/mol. The van der Waals surface area contributed by atoms with Crippen LogP contribution in [0.1, 0.15) is 10.4 Å². The van der Waals surface area contributed by atoms with Gasteiger partial charge in [0, 0.05) is 57.0 Å². The van der Waals surface area contributed by atoms with Crippen LogP contribution in [0.4, 0.5) is 51.5 Å². The van der Waals surface area contributed by atoms with Gasteiger partial charge in [-0.1, -0.05) is 73.9 Å². The number of halogens is 13. The van der Waals surface area contributed by atoms with Crippen molar-refractivity contribution in [1.29, 1.82) is 0 Å². The molecule has 17 nitrogen and oxygen atoms in total. The van der Waals surface area contributed by atoms with Gasteiger partial charge < -0.3 is 13.3 Å².